The Morgan fingerprint density at radius 2 is 1.29 bits per heavy atom. The summed E-state index contributed by atoms with van der Waals surface area (Å²) in [4.78, 5) is 25.8. The third-order valence-corrected chi connectivity index (χ3v) is 5.06. The summed E-state index contributed by atoms with van der Waals surface area (Å²) in [6.07, 6.45) is 1.08. The van der Waals surface area contributed by atoms with Gasteiger partial charge in [-0.1, -0.05) is 38.1 Å². The number of rotatable bonds is 2. The summed E-state index contributed by atoms with van der Waals surface area (Å²) in [6, 6.07) is 11.5. The van der Waals surface area contributed by atoms with Crippen molar-refractivity contribution < 1.29 is 14.3 Å². The van der Waals surface area contributed by atoms with Gasteiger partial charge in [-0.25, -0.2) is 0 Å². The van der Waals surface area contributed by atoms with Gasteiger partial charge in [0.2, 0.25) is 0 Å². The molecule has 2 aliphatic rings. The summed E-state index contributed by atoms with van der Waals surface area (Å²) in [5, 5.41) is 1.96. The molecule has 0 aromatic heterocycles. The van der Waals surface area contributed by atoms with Gasteiger partial charge >= 0.3 is 0 Å². The van der Waals surface area contributed by atoms with Gasteiger partial charge in [0.25, 0.3) is 0 Å². The van der Waals surface area contributed by atoms with E-state index in [0.717, 1.165) is 10.8 Å². The third kappa shape index (κ3) is 1.28. The maximum atomic E-state index is 12.9. The van der Waals surface area contributed by atoms with Crippen LogP contribution in [0, 0.1) is 0 Å². The van der Waals surface area contributed by atoms with Crippen molar-refractivity contribution in [2.45, 2.75) is 37.9 Å². The number of carbonyl (C=O) groups is 2. The monoisotopic (exact) mass is 280 g/mol. The standard InChI is InChI=1S/C18H16O3/c1-3-17-15(19)13-9-11-7-5-6-8-12(11)10-14(13)16(20)18(17,4-2)21-17/h5-10H,3-4H2,1-2H3. The van der Waals surface area contributed by atoms with Crippen LogP contribution in [0.3, 0.4) is 0 Å². The molecule has 106 valence electrons. The molecule has 0 N–H and O–H groups in total. The molecule has 3 heteroatoms. The van der Waals surface area contributed by atoms with Gasteiger partial charge in [0.15, 0.2) is 22.8 Å². The van der Waals surface area contributed by atoms with Gasteiger partial charge in [-0.3, -0.25) is 9.59 Å². The molecule has 3 nitrogen and oxygen atoms in total. The van der Waals surface area contributed by atoms with Crippen LogP contribution in [0.1, 0.15) is 47.4 Å². The first-order valence-corrected chi connectivity index (χ1v) is 7.42. The normalized spacial score (nSPS) is 30.2. The van der Waals surface area contributed by atoms with Crippen molar-refractivity contribution in [2.24, 2.45) is 0 Å². The lowest BCUT2D eigenvalue weighted by Gasteiger charge is -2.24. The number of ketones is 2. The molecule has 21 heavy (non-hydrogen) atoms. The molecule has 1 heterocycles. The number of hydrogen-bond acceptors (Lipinski definition) is 3. The van der Waals surface area contributed by atoms with Crippen LogP contribution >= 0.6 is 0 Å². The summed E-state index contributed by atoms with van der Waals surface area (Å²) in [5.74, 6) is -0.0700. The second kappa shape index (κ2) is 3.80. The highest BCUT2D eigenvalue weighted by Crippen LogP contribution is 2.59. The Bertz CT molecular complexity index is 741. The van der Waals surface area contributed by atoms with Gasteiger partial charge in [0, 0.05) is 11.1 Å². The quantitative estimate of drug-likeness (QED) is 0.790. The lowest BCUT2D eigenvalue weighted by molar-refractivity contribution is 0.0834. The number of ether oxygens (including phenoxy) is 1. The molecule has 2 unspecified atom stereocenters. The minimum atomic E-state index is -0.922. The third-order valence-electron chi connectivity index (χ3n) is 5.06. The van der Waals surface area contributed by atoms with Gasteiger partial charge in [-0.05, 0) is 35.7 Å². The molecular weight excluding hydrogens is 264 g/mol. The molecule has 0 saturated carbocycles. The Balaban J connectivity index is 2.02. The van der Waals surface area contributed by atoms with E-state index in [1.165, 1.54) is 0 Å². The fourth-order valence-electron chi connectivity index (χ4n) is 3.82. The Labute approximate surface area is 122 Å². The van der Waals surface area contributed by atoms with E-state index >= 15 is 0 Å². The van der Waals surface area contributed by atoms with Crippen molar-refractivity contribution in [1.82, 2.24) is 0 Å². The molecule has 0 amide bonds. The molecule has 4 rings (SSSR count). The molecule has 1 aliphatic heterocycles. The minimum Gasteiger partial charge on any atom is -0.345 e. The molecular formula is C18H16O3. The predicted molar refractivity (Wildman–Crippen MR) is 79.7 cm³/mol. The summed E-state index contributed by atoms with van der Waals surface area (Å²) < 4.78 is 5.79. The molecule has 2 aromatic rings. The fourth-order valence-corrected chi connectivity index (χ4v) is 3.82. The van der Waals surface area contributed by atoms with Crippen LogP contribution in [0.15, 0.2) is 36.4 Å². The van der Waals surface area contributed by atoms with Crippen LogP contribution < -0.4 is 0 Å². The van der Waals surface area contributed by atoms with Crippen molar-refractivity contribution in [1.29, 1.82) is 0 Å². The summed E-state index contributed by atoms with van der Waals surface area (Å²) in [6.45, 7) is 3.82. The van der Waals surface area contributed by atoms with Crippen molar-refractivity contribution >= 4 is 22.3 Å². The van der Waals surface area contributed by atoms with E-state index in [4.69, 9.17) is 4.74 Å². The van der Waals surface area contributed by atoms with Crippen molar-refractivity contribution in [3.8, 4) is 0 Å². The zero-order chi connectivity index (χ0) is 14.8. The van der Waals surface area contributed by atoms with Gasteiger partial charge in [-0.15, -0.1) is 0 Å². The highest BCUT2D eigenvalue weighted by Gasteiger charge is 2.78. The van der Waals surface area contributed by atoms with Crippen LogP contribution in [0.2, 0.25) is 0 Å². The molecule has 0 spiro atoms. The highest BCUT2D eigenvalue weighted by molar-refractivity contribution is 6.26. The van der Waals surface area contributed by atoms with Crippen LogP contribution in [0.25, 0.3) is 10.8 Å². The maximum Gasteiger partial charge on any atom is 0.198 e. The van der Waals surface area contributed by atoms with Crippen molar-refractivity contribution in [3.63, 3.8) is 0 Å². The first kappa shape index (κ1) is 12.7. The Hall–Kier alpha value is -2.00. The zero-order valence-electron chi connectivity index (χ0n) is 12.1. The Kier molecular flexibility index (Phi) is 2.30. The van der Waals surface area contributed by atoms with Crippen LogP contribution in [0.4, 0.5) is 0 Å². The van der Waals surface area contributed by atoms with E-state index in [1.807, 2.05) is 50.2 Å². The summed E-state index contributed by atoms with van der Waals surface area (Å²) in [7, 11) is 0. The number of fused-ring (bicyclic) bond motifs is 3. The second-order valence-electron chi connectivity index (χ2n) is 5.87. The molecule has 1 fully saturated rings. The smallest absolute Gasteiger partial charge is 0.198 e. The topological polar surface area (TPSA) is 46.7 Å². The van der Waals surface area contributed by atoms with Crippen LogP contribution in [-0.4, -0.2) is 22.8 Å². The maximum absolute atomic E-state index is 12.9. The largest absolute Gasteiger partial charge is 0.345 e. The van der Waals surface area contributed by atoms with Crippen molar-refractivity contribution in [2.75, 3.05) is 0 Å². The number of hydrogen-bond donors (Lipinski definition) is 0. The van der Waals surface area contributed by atoms with Gasteiger partial charge in [-0.2, -0.15) is 0 Å². The Morgan fingerprint density at radius 3 is 1.67 bits per heavy atom. The number of carbonyl (C=O) groups excluding carboxylic acids is 2. The van der Waals surface area contributed by atoms with Crippen LogP contribution in [0.5, 0.6) is 0 Å². The first-order valence-electron chi connectivity index (χ1n) is 7.42. The molecule has 1 aliphatic carbocycles. The van der Waals surface area contributed by atoms with E-state index < -0.39 is 11.2 Å². The van der Waals surface area contributed by atoms with Gasteiger partial charge in [0.1, 0.15) is 0 Å². The summed E-state index contributed by atoms with van der Waals surface area (Å²) in [5.41, 5.74) is -0.813. The second-order valence-corrected chi connectivity index (χ2v) is 5.87. The molecule has 1 saturated heterocycles. The lowest BCUT2D eigenvalue weighted by Crippen LogP contribution is -2.44. The molecule has 2 aromatic carbocycles. The van der Waals surface area contributed by atoms with Crippen LogP contribution in [-0.2, 0) is 4.74 Å². The Morgan fingerprint density at radius 1 is 0.857 bits per heavy atom. The van der Waals surface area contributed by atoms with E-state index in [0.29, 0.717) is 24.0 Å². The molecule has 0 bridgehead atoms. The zero-order valence-corrected chi connectivity index (χ0v) is 12.1. The predicted octanol–water partition coefficient (Wildman–Crippen LogP) is 3.55. The van der Waals surface area contributed by atoms with Gasteiger partial charge < -0.3 is 4.74 Å². The van der Waals surface area contributed by atoms with E-state index in [9.17, 15) is 9.59 Å². The molecule has 2 atom stereocenters. The summed E-state index contributed by atoms with van der Waals surface area (Å²) >= 11 is 0. The fraction of sp³-hybridized carbons (Fsp3) is 0.333. The van der Waals surface area contributed by atoms with Crippen molar-refractivity contribution in [3.05, 3.63) is 47.5 Å². The van der Waals surface area contributed by atoms with Gasteiger partial charge in [0.05, 0.1) is 0 Å². The number of benzene rings is 2. The first-order chi connectivity index (χ1) is 10.1. The van der Waals surface area contributed by atoms with E-state index in [1.54, 1.807) is 0 Å². The SMILES string of the molecule is CCC12OC1(CC)C(=O)c1cc3ccccc3cc1C2=O. The van der Waals surface area contributed by atoms with E-state index in [-0.39, 0.29) is 11.6 Å². The van der Waals surface area contributed by atoms with E-state index in [2.05, 4.69) is 0 Å². The minimum absolute atomic E-state index is 0.0350. The number of Topliss-reactive ketones (excluding diaryl/α,β-unsaturated/α-hetero) is 2. The lowest BCUT2D eigenvalue weighted by atomic mass is 9.71. The average molecular weight is 280 g/mol. The molecule has 0 radical (unpaired) electrons. The average Bonchev–Trinajstić information content (AvgIpc) is 3.23. The highest BCUT2D eigenvalue weighted by atomic mass is 16.6. The number of epoxide rings is 1.